The van der Waals surface area contributed by atoms with E-state index in [2.05, 4.69) is 46.4 Å². The molecule has 1 aliphatic rings. The number of amides is 1. The highest BCUT2D eigenvalue weighted by Crippen LogP contribution is 2.22. The summed E-state index contributed by atoms with van der Waals surface area (Å²) in [6, 6.07) is 12.1. The predicted octanol–water partition coefficient (Wildman–Crippen LogP) is 2.71. The Kier molecular flexibility index (Phi) is 6.75. The van der Waals surface area contributed by atoms with Crippen molar-refractivity contribution in [2.24, 2.45) is 0 Å². The molecule has 1 amide bonds. The van der Waals surface area contributed by atoms with E-state index in [1.807, 2.05) is 12.1 Å². The lowest BCUT2D eigenvalue weighted by Crippen LogP contribution is -2.37. The molecule has 1 saturated heterocycles. The molecule has 0 radical (unpaired) electrons. The Hall–Kier alpha value is -2.24. The second-order valence-corrected chi connectivity index (χ2v) is 6.75. The van der Waals surface area contributed by atoms with Gasteiger partial charge in [-0.2, -0.15) is 0 Å². The number of carbonyl (C=O) groups excluding carboxylic acids is 1. The van der Waals surface area contributed by atoms with Crippen molar-refractivity contribution in [1.29, 1.82) is 0 Å². The van der Waals surface area contributed by atoms with Gasteiger partial charge in [-0.1, -0.05) is 29.8 Å². The van der Waals surface area contributed by atoms with Crippen LogP contribution in [-0.4, -0.2) is 48.6 Å². The van der Waals surface area contributed by atoms with Crippen molar-refractivity contribution >= 4 is 5.91 Å². The van der Waals surface area contributed by atoms with Crippen LogP contribution in [0.1, 0.15) is 35.6 Å². The SMILES string of the molecule is Cc1ccc([C@H](NC(=O)CCCN2CCOCC2)c2ccncc2)cc1. The van der Waals surface area contributed by atoms with Crippen LogP contribution in [0.5, 0.6) is 0 Å². The summed E-state index contributed by atoms with van der Waals surface area (Å²) in [6.45, 7) is 6.53. The molecule has 0 saturated carbocycles. The standard InChI is InChI=1S/C21H27N3O2/c1-17-4-6-18(7-5-17)21(19-8-10-22-11-9-19)23-20(25)3-2-12-24-13-15-26-16-14-24/h4-11,21H,2-3,12-16H2,1H3,(H,23,25)/t21-/m0/s1. The number of benzene rings is 1. The maximum Gasteiger partial charge on any atom is 0.220 e. The zero-order valence-corrected chi connectivity index (χ0v) is 15.4. The first-order valence-corrected chi connectivity index (χ1v) is 9.28. The summed E-state index contributed by atoms with van der Waals surface area (Å²) in [5.74, 6) is 0.0839. The van der Waals surface area contributed by atoms with Gasteiger partial charge in [-0.15, -0.1) is 0 Å². The van der Waals surface area contributed by atoms with E-state index in [0.29, 0.717) is 6.42 Å². The normalized spacial score (nSPS) is 16.2. The van der Waals surface area contributed by atoms with Gasteiger partial charge in [-0.3, -0.25) is 14.7 Å². The monoisotopic (exact) mass is 353 g/mol. The smallest absolute Gasteiger partial charge is 0.220 e. The van der Waals surface area contributed by atoms with Crippen molar-refractivity contribution in [3.63, 3.8) is 0 Å². The van der Waals surface area contributed by atoms with Gasteiger partial charge in [0.25, 0.3) is 0 Å². The number of ether oxygens (including phenoxy) is 1. The molecule has 0 unspecified atom stereocenters. The first kappa shape index (κ1) is 18.5. The molecular formula is C21H27N3O2. The highest BCUT2D eigenvalue weighted by atomic mass is 16.5. The van der Waals surface area contributed by atoms with E-state index in [1.54, 1.807) is 12.4 Å². The van der Waals surface area contributed by atoms with Crippen LogP contribution < -0.4 is 5.32 Å². The minimum absolute atomic E-state index is 0.0839. The predicted molar refractivity (Wildman–Crippen MR) is 102 cm³/mol. The van der Waals surface area contributed by atoms with Crippen molar-refractivity contribution < 1.29 is 9.53 Å². The van der Waals surface area contributed by atoms with Gasteiger partial charge in [0.05, 0.1) is 19.3 Å². The van der Waals surface area contributed by atoms with Crippen molar-refractivity contribution in [2.75, 3.05) is 32.8 Å². The van der Waals surface area contributed by atoms with E-state index in [1.165, 1.54) is 5.56 Å². The summed E-state index contributed by atoms with van der Waals surface area (Å²) in [4.78, 5) is 19.0. The van der Waals surface area contributed by atoms with Gasteiger partial charge in [-0.05, 0) is 43.1 Å². The van der Waals surface area contributed by atoms with Crippen molar-refractivity contribution in [2.45, 2.75) is 25.8 Å². The Bertz CT molecular complexity index is 682. The van der Waals surface area contributed by atoms with E-state index in [9.17, 15) is 4.79 Å². The average molecular weight is 353 g/mol. The van der Waals surface area contributed by atoms with Crippen LogP contribution >= 0.6 is 0 Å². The Morgan fingerprint density at radius 1 is 1.12 bits per heavy atom. The molecule has 2 aromatic rings. The molecule has 1 atom stereocenters. The number of hydrogen-bond donors (Lipinski definition) is 1. The third-order valence-corrected chi connectivity index (χ3v) is 4.74. The molecule has 0 bridgehead atoms. The van der Waals surface area contributed by atoms with E-state index in [-0.39, 0.29) is 11.9 Å². The van der Waals surface area contributed by atoms with Crippen molar-refractivity contribution in [3.05, 3.63) is 65.5 Å². The number of hydrogen-bond acceptors (Lipinski definition) is 4. The Morgan fingerprint density at radius 2 is 1.77 bits per heavy atom. The second kappa shape index (κ2) is 9.46. The van der Waals surface area contributed by atoms with Gasteiger partial charge in [0.15, 0.2) is 0 Å². The second-order valence-electron chi connectivity index (χ2n) is 6.75. The van der Waals surface area contributed by atoms with Gasteiger partial charge in [0.2, 0.25) is 5.91 Å². The summed E-state index contributed by atoms with van der Waals surface area (Å²) in [5, 5.41) is 3.20. The van der Waals surface area contributed by atoms with E-state index >= 15 is 0 Å². The lowest BCUT2D eigenvalue weighted by Gasteiger charge is -2.26. The maximum absolute atomic E-state index is 12.5. The van der Waals surface area contributed by atoms with Crippen LogP contribution in [0.25, 0.3) is 0 Å². The van der Waals surface area contributed by atoms with Crippen molar-refractivity contribution in [3.8, 4) is 0 Å². The highest BCUT2D eigenvalue weighted by molar-refractivity contribution is 5.77. The van der Waals surface area contributed by atoms with Crippen LogP contribution in [0.2, 0.25) is 0 Å². The van der Waals surface area contributed by atoms with Gasteiger partial charge in [0.1, 0.15) is 0 Å². The molecule has 5 heteroatoms. The minimum Gasteiger partial charge on any atom is -0.379 e. The van der Waals surface area contributed by atoms with Gasteiger partial charge in [0, 0.05) is 31.9 Å². The van der Waals surface area contributed by atoms with Crippen LogP contribution in [-0.2, 0) is 9.53 Å². The number of morpholine rings is 1. The summed E-state index contributed by atoms with van der Waals surface area (Å²) in [7, 11) is 0. The number of pyridine rings is 1. The molecule has 26 heavy (non-hydrogen) atoms. The Labute approximate surface area is 155 Å². The summed E-state index contributed by atoms with van der Waals surface area (Å²) in [6.07, 6.45) is 4.93. The highest BCUT2D eigenvalue weighted by Gasteiger charge is 2.17. The molecule has 5 nitrogen and oxygen atoms in total. The number of nitrogens with one attached hydrogen (secondary N) is 1. The molecule has 3 rings (SSSR count). The fraction of sp³-hybridized carbons (Fsp3) is 0.429. The van der Waals surface area contributed by atoms with Crippen LogP contribution in [0.15, 0.2) is 48.8 Å². The molecule has 1 aromatic heterocycles. The summed E-state index contributed by atoms with van der Waals surface area (Å²) in [5.41, 5.74) is 3.34. The third kappa shape index (κ3) is 5.38. The van der Waals surface area contributed by atoms with Gasteiger partial charge < -0.3 is 10.1 Å². The fourth-order valence-electron chi connectivity index (χ4n) is 3.20. The molecule has 1 N–H and O–H groups in total. The van der Waals surface area contributed by atoms with Crippen LogP contribution in [0.4, 0.5) is 0 Å². The third-order valence-electron chi connectivity index (χ3n) is 4.74. The molecule has 138 valence electrons. The maximum atomic E-state index is 12.5. The molecule has 0 aliphatic carbocycles. The molecule has 1 fully saturated rings. The van der Waals surface area contributed by atoms with Gasteiger partial charge in [-0.25, -0.2) is 0 Å². The molecular weight excluding hydrogens is 326 g/mol. The van der Waals surface area contributed by atoms with Crippen molar-refractivity contribution in [1.82, 2.24) is 15.2 Å². The molecule has 1 aliphatic heterocycles. The zero-order valence-electron chi connectivity index (χ0n) is 15.4. The number of aryl methyl sites for hydroxylation is 1. The first-order chi connectivity index (χ1) is 12.7. The number of rotatable bonds is 7. The number of nitrogens with zero attached hydrogens (tertiary/aromatic N) is 2. The lowest BCUT2D eigenvalue weighted by molar-refractivity contribution is -0.121. The van der Waals surface area contributed by atoms with Gasteiger partial charge >= 0.3 is 0 Å². The van der Waals surface area contributed by atoms with E-state index in [4.69, 9.17) is 4.74 Å². The number of carbonyl (C=O) groups is 1. The molecule has 2 heterocycles. The summed E-state index contributed by atoms with van der Waals surface area (Å²) < 4.78 is 5.36. The quantitative estimate of drug-likeness (QED) is 0.832. The topological polar surface area (TPSA) is 54.5 Å². The van der Waals surface area contributed by atoms with E-state index in [0.717, 1.165) is 50.4 Å². The molecule has 1 aromatic carbocycles. The number of aromatic nitrogens is 1. The largest absolute Gasteiger partial charge is 0.379 e. The lowest BCUT2D eigenvalue weighted by atomic mass is 9.98. The molecule has 0 spiro atoms. The van der Waals surface area contributed by atoms with E-state index < -0.39 is 0 Å². The Balaban J connectivity index is 1.60. The Morgan fingerprint density at radius 3 is 2.46 bits per heavy atom. The summed E-state index contributed by atoms with van der Waals surface area (Å²) >= 11 is 0. The first-order valence-electron chi connectivity index (χ1n) is 9.28. The minimum atomic E-state index is -0.144. The van der Waals surface area contributed by atoms with Crippen LogP contribution in [0, 0.1) is 6.92 Å². The van der Waals surface area contributed by atoms with Crippen LogP contribution in [0.3, 0.4) is 0 Å². The fourth-order valence-corrected chi connectivity index (χ4v) is 3.20. The zero-order chi connectivity index (χ0) is 18.2. The average Bonchev–Trinajstić information content (AvgIpc) is 2.68.